The van der Waals surface area contributed by atoms with Crippen LogP contribution in [0.15, 0.2) is 0 Å². The van der Waals surface area contributed by atoms with Crippen molar-refractivity contribution in [2.75, 3.05) is 6.42 Å². The average Bonchev–Trinajstić information content (AvgIpc) is 2.01. The lowest BCUT2D eigenvalue weighted by atomic mass is 10.1. The van der Waals surface area contributed by atoms with Gasteiger partial charge < -0.3 is 0 Å². The highest BCUT2D eigenvalue weighted by Gasteiger charge is 2.81. The Hall–Kier alpha value is -0.270. The van der Waals surface area contributed by atoms with Crippen molar-refractivity contribution in [2.24, 2.45) is 0 Å². The van der Waals surface area contributed by atoms with Gasteiger partial charge in [-0.2, -0.15) is 39.5 Å². The van der Waals surface area contributed by atoms with E-state index < -0.39 is 38.7 Å². The average molecular weight is 284 g/mol. The van der Waals surface area contributed by atoms with Gasteiger partial charge in [0.15, 0.2) is 0 Å². The van der Waals surface area contributed by atoms with Gasteiger partial charge in [-0.25, -0.2) is 4.39 Å². The molecule has 0 spiro atoms. The van der Waals surface area contributed by atoms with Gasteiger partial charge in [0.2, 0.25) is 0 Å². The Labute approximate surface area is 83.8 Å². The van der Waals surface area contributed by atoms with Gasteiger partial charge in [-0.1, -0.05) is 0 Å². The van der Waals surface area contributed by atoms with Crippen molar-refractivity contribution in [3.05, 3.63) is 0 Å². The van der Waals surface area contributed by atoms with E-state index in [1.165, 1.54) is 0 Å². The lowest BCUT2D eigenvalue weighted by Crippen LogP contribution is -2.59. The molecule has 0 bridgehead atoms. The molecule has 0 radical (unpaired) electrons. The van der Waals surface area contributed by atoms with E-state index in [1.807, 2.05) is 0 Å². The topological polar surface area (TPSA) is 0 Å². The van der Waals surface area contributed by atoms with E-state index in [2.05, 4.69) is 0 Å². The van der Waals surface area contributed by atoms with Crippen molar-refractivity contribution in [1.29, 1.82) is 0 Å². The van der Waals surface area contributed by atoms with Gasteiger partial charge in [-0.15, -0.1) is 0 Å². The van der Waals surface area contributed by atoms with Crippen LogP contribution in [0.4, 0.5) is 43.9 Å². The molecule has 0 nitrogen and oxygen atoms in total. The number of halogens is 10. The summed E-state index contributed by atoms with van der Waals surface area (Å²) in [5, 5.41) is 0. The van der Waals surface area contributed by atoms with Gasteiger partial charge in [-0.05, 0) is 8.58 Å². The zero-order valence-corrected chi connectivity index (χ0v) is 7.99. The molecule has 98 valence electrons. The standard InChI is InChI=1S/C5H3F10P/c6-1-16-5(14,15)3(9,10)2(7,8)4(11,12)13/h16H,1H2. The van der Waals surface area contributed by atoms with Crippen LogP contribution in [-0.2, 0) is 0 Å². The summed E-state index contributed by atoms with van der Waals surface area (Å²) in [5.74, 6) is -13.6. The zero-order chi connectivity index (χ0) is 13.4. The van der Waals surface area contributed by atoms with Crippen molar-refractivity contribution >= 4 is 8.58 Å². The van der Waals surface area contributed by atoms with E-state index in [1.54, 1.807) is 0 Å². The van der Waals surface area contributed by atoms with Crippen LogP contribution < -0.4 is 0 Å². The molecule has 0 rings (SSSR count). The van der Waals surface area contributed by atoms with Crippen molar-refractivity contribution in [3.8, 4) is 0 Å². The summed E-state index contributed by atoms with van der Waals surface area (Å²) >= 11 is 0. The summed E-state index contributed by atoms with van der Waals surface area (Å²) in [6, 6.07) is 0. The Morgan fingerprint density at radius 3 is 1.31 bits per heavy atom. The van der Waals surface area contributed by atoms with Gasteiger partial charge in [0, 0.05) is 0 Å². The van der Waals surface area contributed by atoms with E-state index in [0.29, 0.717) is 0 Å². The highest BCUT2D eigenvalue weighted by atomic mass is 31.1. The third-order valence-electron chi connectivity index (χ3n) is 1.43. The van der Waals surface area contributed by atoms with Gasteiger partial charge in [0.05, 0.1) is 0 Å². The summed E-state index contributed by atoms with van der Waals surface area (Å²) in [4.78, 5) is 0. The number of alkyl halides is 10. The summed E-state index contributed by atoms with van der Waals surface area (Å²) in [5.41, 5.74) is -5.76. The van der Waals surface area contributed by atoms with Crippen LogP contribution in [0.2, 0.25) is 0 Å². The molecule has 0 saturated carbocycles. The van der Waals surface area contributed by atoms with Gasteiger partial charge in [0.1, 0.15) is 6.42 Å². The Morgan fingerprint density at radius 1 is 0.688 bits per heavy atom. The monoisotopic (exact) mass is 284 g/mol. The maximum Gasteiger partial charge on any atom is 0.460 e. The van der Waals surface area contributed by atoms with Crippen LogP contribution in [0.5, 0.6) is 0 Å². The maximum absolute atomic E-state index is 12.3. The molecule has 0 fully saturated rings. The predicted octanol–water partition coefficient (Wildman–Crippen LogP) is 4.02. The fourth-order valence-corrected chi connectivity index (χ4v) is 1.12. The molecule has 0 amide bonds. The molecule has 0 aliphatic carbocycles. The van der Waals surface area contributed by atoms with Crippen LogP contribution in [0.25, 0.3) is 0 Å². The fraction of sp³-hybridized carbons (Fsp3) is 1.00. The van der Waals surface area contributed by atoms with Crippen molar-refractivity contribution < 1.29 is 43.9 Å². The first-order valence-electron chi connectivity index (χ1n) is 3.32. The lowest BCUT2D eigenvalue weighted by Gasteiger charge is -2.33. The second kappa shape index (κ2) is 4.19. The summed E-state index contributed by atoms with van der Waals surface area (Å²) in [6.07, 6.45) is -8.97. The van der Waals surface area contributed by atoms with Crippen molar-refractivity contribution in [1.82, 2.24) is 0 Å². The van der Waals surface area contributed by atoms with Gasteiger partial charge in [-0.3, -0.25) is 0 Å². The first kappa shape index (κ1) is 15.7. The van der Waals surface area contributed by atoms with E-state index in [-0.39, 0.29) is 0 Å². The van der Waals surface area contributed by atoms with Crippen LogP contribution in [0, 0.1) is 0 Å². The minimum Gasteiger partial charge on any atom is -0.246 e. The molecular formula is C5H3F10P. The van der Waals surface area contributed by atoms with Gasteiger partial charge >= 0.3 is 23.7 Å². The maximum atomic E-state index is 12.3. The van der Waals surface area contributed by atoms with Crippen molar-refractivity contribution in [2.45, 2.75) is 23.7 Å². The second-order valence-electron chi connectivity index (χ2n) is 2.53. The third kappa shape index (κ3) is 2.36. The number of hydrogen-bond donors (Lipinski definition) is 0. The van der Waals surface area contributed by atoms with Gasteiger partial charge in [0.25, 0.3) is 0 Å². The lowest BCUT2D eigenvalue weighted by molar-refractivity contribution is -0.381. The first-order chi connectivity index (χ1) is 6.81. The van der Waals surface area contributed by atoms with Crippen molar-refractivity contribution in [3.63, 3.8) is 0 Å². The molecule has 0 N–H and O–H groups in total. The van der Waals surface area contributed by atoms with Crippen LogP contribution in [-0.4, -0.2) is 30.1 Å². The van der Waals surface area contributed by atoms with E-state index >= 15 is 0 Å². The fourth-order valence-electron chi connectivity index (χ4n) is 0.570. The summed E-state index contributed by atoms with van der Waals surface area (Å²) in [7, 11) is -2.68. The largest absolute Gasteiger partial charge is 0.460 e. The molecule has 1 unspecified atom stereocenters. The molecule has 0 aliphatic heterocycles. The smallest absolute Gasteiger partial charge is 0.246 e. The second-order valence-corrected chi connectivity index (χ2v) is 3.78. The zero-order valence-electron chi connectivity index (χ0n) is 6.99. The molecule has 16 heavy (non-hydrogen) atoms. The molecule has 0 heterocycles. The molecule has 0 saturated heterocycles. The molecule has 0 aromatic heterocycles. The molecule has 0 aromatic rings. The Bertz CT molecular complexity index is 242. The summed E-state index contributed by atoms with van der Waals surface area (Å²) < 4.78 is 119. The minimum absolute atomic E-state index is 2.13. The third-order valence-corrected chi connectivity index (χ3v) is 2.33. The molecular weight excluding hydrogens is 281 g/mol. The minimum atomic E-state index is -6.92. The Balaban J connectivity index is 5.34. The molecule has 11 heteroatoms. The Kier molecular flexibility index (Phi) is 4.12. The predicted molar refractivity (Wildman–Crippen MR) is 35.2 cm³/mol. The molecule has 0 aliphatic rings. The normalized spacial score (nSPS) is 16.1. The SMILES string of the molecule is FCPC(F)(F)C(F)(F)C(F)(F)C(F)(F)F. The van der Waals surface area contributed by atoms with E-state index in [0.717, 1.165) is 0 Å². The molecule has 1 atom stereocenters. The highest BCUT2D eigenvalue weighted by Crippen LogP contribution is 2.58. The first-order valence-corrected chi connectivity index (χ1v) is 4.53. The van der Waals surface area contributed by atoms with Crippen LogP contribution in [0.3, 0.4) is 0 Å². The number of rotatable bonds is 4. The molecule has 0 aromatic carbocycles. The quantitative estimate of drug-likeness (QED) is 0.540. The van der Waals surface area contributed by atoms with E-state index in [9.17, 15) is 43.9 Å². The Morgan fingerprint density at radius 2 is 1.06 bits per heavy atom. The van der Waals surface area contributed by atoms with Crippen LogP contribution >= 0.6 is 8.58 Å². The summed E-state index contributed by atoms with van der Waals surface area (Å²) in [6.45, 7) is 0. The van der Waals surface area contributed by atoms with E-state index in [4.69, 9.17) is 0 Å². The van der Waals surface area contributed by atoms with Crippen LogP contribution in [0.1, 0.15) is 0 Å². The highest BCUT2D eigenvalue weighted by molar-refractivity contribution is 7.39. The number of hydrogen-bond acceptors (Lipinski definition) is 0.